The van der Waals surface area contributed by atoms with Crippen LogP contribution in [0, 0.1) is 5.92 Å². The Hall–Kier alpha value is -0.120. The lowest BCUT2D eigenvalue weighted by Gasteiger charge is -2.47. The Bertz CT molecular complexity index is 299. The molecular formula is C18H37N3. The Morgan fingerprint density at radius 2 is 1.86 bits per heavy atom. The normalized spacial score (nSPS) is 35.9. The summed E-state index contributed by atoms with van der Waals surface area (Å²) in [5.74, 6) is 0.928. The first-order valence-corrected chi connectivity index (χ1v) is 9.26. The molecule has 3 nitrogen and oxygen atoms in total. The molecule has 0 spiro atoms. The molecule has 21 heavy (non-hydrogen) atoms. The van der Waals surface area contributed by atoms with Crippen LogP contribution in [0.4, 0.5) is 0 Å². The van der Waals surface area contributed by atoms with Crippen molar-refractivity contribution in [2.45, 2.75) is 76.8 Å². The third-order valence-corrected chi connectivity index (χ3v) is 6.21. The second-order valence-corrected chi connectivity index (χ2v) is 7.65. The van der Waals surface area contributed by atoms with Crippen LogP contribution in [-0.2, 0) is 0 Å². The third-order valence-electron chi connectivity index (χ3n) is 6.21. The first-order valence-electron chi connectivity index (χ1n) is 9.26. The predicted molar refractivity (Wildman–Crippen MR) is 91.6 cm³/mol. The number of rotatable bonds is 5. The van der Waals surface area contributed by atoms with Crippen LogP contribution in [0.15, 0.2) is 0 Å². The molecule has 1 saturated heterocycles. The highest BCUT2D eigenvalue weighted by Gasteiger charge is 2.38. The minimum absolute atomic E-state index is 0.258. The van der Waals surface area contributed by atoms with Gasteiger partial charge in [0.05, 0.1) is 0 Å². The summed E-state index contributed by atoms with van der Waals surface area (Å²) in [7, 11) is 2.36. The van der Waals surface area contributed by atoms with Gasteiger partial charge in [-0.2, -0.15) is 0 Å². The minimum atomic E-state index is 0.258. The zero-order valence-corrected chi connectivity index (χ0v) is 14.6. The van der Waals surface area contributed by atoms with Crippen LogP contribution in [0.3, 0.4) is 0 Å². The van der Waals surface area contributed by atoms with Crippen LogP contribution in [0.5, 0.6) is 0 Å². The Morgan fingerprint density at radius 3 is 2.48 bits per heavy atom. The van der Waals surface area contributed by atoms with E-state index in [9.17, 15) is 0 Å². The number of hydrogen-bond donors (Lipinski definition) is 1. The van der Waals surface area contributed by atoms with Gasteiger partial charge in [-0.1, -0.05) is 13.8 Å². The van der Waals surface area contributed by atoms with Crippen LogP contribution in [-0.4, -0.2) is 54.6 Å². The van der Waals surface area contributed by atoms with E-state index in [0.29, 0.717) is 0 Å². The molecule has 1 atom stereocenters. The predicted octanol–water partition coefficient (Wildman–Crippen LogP) is 3.09. The van der Waals surface area contributed by atoms with Crippen molar-refractivity contribution < 1.29 is 0 Å². The summed E-state index contributed by atoms with van der Waals surface area (Å²) >= 11 is 0. The maximum atomic E-state index is 6.30. The molecule has 0 radical (unpaired) electrons. The first kappa shape index (κ1) is 17.2. The summed E-state index contributed by atoms with van der Waals surface area (Å²) in [6.45, 7) is 9.28. The Balaban J connectivity index is 1.99. The number of nitrogens with zero attached hydrogens (tertiary/aromatic N) is 2. The second-order valence-electron chi connectivity index (χ2n) is 7.65. The van der Waals surface area contributed by atoms with Crippen molar-refractivity contribution in [2.75, 3.05) is 33.2 Å². The fourth-order valence-electron chi connectivity index (χ4n) is 4.49. The van der Waals surface area contributed by atoms with E-state index in [2.05, 4.69) is 30.7 Å². The van der Waals surface area contributed by atoms with E-state index in [1.54, 1.807) is 0 Å². The van der Waals surface area contributed by atoms with E-state index in [1.807, 2.05) is 0 Å². The monoisotopic (exact) mass is 295 g/mol. The van der Waals surface area contributed by atoms with Crippen LogP contribution >= 0.6 is 0 Å². The Kier molecular flexibility index (Phi) is 6.51. The summed E-state index contributed by atoms with van der Waals surface area (Å²) in [5.41, 5.74) is 6.56. The van der Waals surface area contributed by atoms with E-state index in [1.165, 1.54) is 71.0 Å². The van der Waals surface area contributed by atoms with Gasteiger partial charge in [-0.05, 0) is 84.0 Å². The van der Waals surface area contributed by atoms with Crippen molar-refractivity contribution in [1.29, 1.82) is 0 Å². The Morgan fingerprint density at radius 1 is 1.14 bits per heavy atom. The third kappa shape index (κ3) is 4.20. The molecule has 3 heteroatoms. The molecule has 124 valence electrons. The maximum Gasteiger partial charge on any atom is 0.0344 e. The number of hydrogen-bond acceptors (Lipinski definition) is 3. The molecule has 0 bridgehead atoms. The van der Waals surface area contributed by atoms with E-state index >= 15 is 0 Å². The molecule has 0 aromatic carbocycles. The maximum absolute atomic E-state index is 6.30. The van der Waals surface area contributed by atoms with Gasteiger partial charge >= 0.3 is 0 Å². The largest absolute Gasteiger partial charge is 0.329 e. The number of nitrogens with two attached hydrogens (primary N) is 1. The van der Waals surface area contributed by atoms with Crippen LogP contribution in [0.25, 0.3) is 0 Å². The van der Waals surface area contributed by atoms with Crippen LogP contribution < -0.4 is 5.73 Å². The van der Waals surface area contributed by atoms with E-state index < -0.39 is 0 Å². The Labute approximate surface area is 132 Å². The van der Waals surface area contributed by atoms with E-state index in [-0.39, 0.29) is 5.54 Å². The van der Waals surface area contributed by atoms with Gasteiger partial charge in [0.25, 0.3) is 0 Å². The molecule has 0 aromatic heterocycles. The smallest absolute Gasteiger partial charge is 0.0344 e. The number of likely N-dealkylation sites (tertiary alicyclic amines) is 1. The highest BCUT2D eigenvalue weighted by Crippen LogP contribution is 2.34. The van der Waals surface area contributed by atoms with Gasteiger partial charge in [-0.3, -0.25) is 4.90 Å². The molecule has 2 aliphatic rings. The van der Waals surface area contributed by atoms with Crippen molar-refractivity contribution in [1.82, 2.24) is 9.80 Å². The summed E-state index contributed by atoms with van der Waals surface area (Å²) in [6.07, 6.45) is 10.7. The van der Waals surface area contributed by atoms with Gasteiger partial charge < -0.3 is 10.6 Å². The van der Waals surface area contributed by atoms with Gasteiger partial charge in [0.1, 0.15) is 0 Å². The molecule has 1 aliphatic heterocycles. The lowest BCUT2D eigenvalue weighted by atomic mass is 9.82. The molecular weight excluding hydrogens is 258 g/mol. The topological polar surface area (TPSA) is 32.5 Å². The molecule has 1 aliphatic carbocycles. The van der Waals surface area contributed by atoms with E-state index in [4.69, 9.17) is 5.73 Å². The fourth-order valence-corrected chi connectivity index (χ4v) is 4.49. The zero-order valence-electron chi connectivity index (χ0n) is 14.6. The van der Waals surface area contributed by atoms with E-state index in [0.717, 1.165) is 18.5 Å². The van der Waals surface area contributed by atoms with Gasteiger partial charge in [0.15, 0.2) is 0 Å². The summed E-state index contributed by atoms with van der Waals surface area (Å²) in [5, 5.41) is 0. The van der Waals surface area contributed by atoms with Crippen molar-refractivity contribution >= 4 is 0 Å². The number of likely N-dealkylation sites (N-methyl/N-ethyl adjacent to an activating group) is 1. The molecule has 0 aromatic rings. The van der Waals surface area contributed by atoms with Crippen LogP contribution in [0.1, 0.15) is 65.2 Å². The lowest BCUT2D eigenvalue weighted by molar-refractivity contribution is 0.0390. The summed E-state index contributed by atoms with van der Waals surface area (Å²) < 4.78 is 0. The quantitative estimate of drug-likeness (QED) is 0.846. The zero-order chi connectivity index (χ0) is 15.3. The first-order chi connectivity index (χ1) is 10.1. The molecule has 2 rings (SSSR count). The SMILES string of the molecule is CCCN1CCCC(CN)(N(C)C2CCC(C)CC2)CC1. The van der Waals surface area contributed by atoms with Crippen molar-refractivity contribution in [3.8, 4) is 0 Å². The van der Waals surface area contributed by atoms with Crippen molar-refractivity contribution in [2.24, 2.45) is 11.7 Å². The van der Waals surface area contributed by atoms with Gasteiger partial charge in [-0.15, -0.1) is 0 Å². The second kappa shape index (κ2) is 7.94. The highest BCUT2D eigenvalue weighted by atomic mass is 15.2. The highest BCUT2D eigenvalue weighted by molar-refractivity contribution is 4.96. The molecule has 0 amide bonds. The minimum Gasteiger partial charge on any atom is -0.329 e. The molecule has 1 unspecified atom stereocenters. The fraction of sp³-hybridized carbons (Fsp3) is 1.00. The van der Waals surface area contributed by atoms with Crippen LogP contribution in [0.2, 0.25) is 0 Å². The molecule has 1 saturated carbocycles. The summed E-state index contributed by atoms with van der Waals surface area (Å²) in [6, 6.07) is 0.766. The van der Waals surface area contributed by atoms with Gasteiger partial charge in [0.2, 0.25) is 0 Å². The lowest BCUT2D eigenvalue weighted by Crippen LogP contribution is -2.57. The van der Waals surface area contributed by atoms with Crippen molar-refractivity contribution in [3.63, 3.8) is 0 Å². The van der Waals surface area contributed by atoms with Gasteiger partial charge in [0, 0.05) is 18.1 Å². The molecule has 2 fully saturated rings. The average Bonchev–Trinajstić information content (AvgIpc) is 2.71. The average molecular weight is 296 g/mol. The molecule has 2 N–H and O–H groups in total. The summed E-state index contributed by atoms with van der Waals surface area (Å²) in [4.78, 5) is 5.35. The standard InChI is InChI=1S/C18H37N3/c1-4-12-21-13-5-10-18(15-19,11-14-21)20(3)17-8-6-16(2)7-9-17/h16-17H,4-15,19H2,1-3H3. The van der Waals surface area contributed by atoms with Gasteiger partial charge in [-0.25, -0.2) is 0 Å². The molecule has 1 heterocycles. The van der Waals surface area contributed by atoms with Crippen molar-refractivity contribution in [3.05, 3.63) is 0 Å².